The zero-order chi connectivity index (χ0) is 15.5. The number of hydrogen-bond donors (Lipinski definition) is 0. The van der Waals surface area contributed by atoms with Crippen molar-refractivity contribution in [2.75, 3.05) is 6.61 Å². The maximum Gasteiger partial charge on any atom is 0.389 e. The van der Waals surface area contributed by atoms with Gasteiger partial charge in [0.1, 0.15) is 11.5 Å². The third-order valence-electron chi connectivity index (χ3n) is 3.65. The molecule has 1 aliphatic heterocycles. The van der Waals surface area contributed by atoms with Gasteiger partial charge in [-0.2, -0.15) is 0 Å². The molecular formula is C18H18O4. The molecule has 114 valence electrons. The van der Waals surface area contributed by atoms with E-state index in [1.807, 2.05) is 49.4 Å². The molecule has 0 saturated heterocycles. The molecule has 1 atom stereocenters. The highest BCUT2D eigenvalue weighted by Crippen LogP contribution is 2.32. The third-order valence-corrected chi connectivity index (χ3v) is 3.65. The molecule has 4 nitrogen and oxygen atoms in total. The van der Waals surface area contributed by atoms with E-state index in [1.165, 1.54) is 0 Å². The number of carbonyl (C=O) groups is 1. The second kappa shape index (κ2) is 6.10. The SMILES string of the molecule is CCOC(=O)C1Oc2ccccc2Cc2c(C)cccc2O1. The van der Waals surface area contributed by atoms with Crippen LogP contribution in [0.3, 0.4) is 0 Å². The Morgan fingerprint density at radius 3 is 2.68 bits per heavy atom. The maximum atomic E-state index is 12.1. The van der Waals surface area contributed by atoms with Gasteiger partial charge in [-0.3, -0.25) is 0 Å². The fourth-order valence-electron chi connectivity index (χ4n) is 2.53. The largest absolute Gasteiger partial charge is 0.460 e. The first-order chi connectivity index (χ1) is 10.7. The van der Waals surface area contributed by atoms with Crippen LogP contribution in [-0.2, 0) is 16.0 Å². The predicted molar refractivity (Wildman–Crippen MR) is 82.1 cm³/mol. The van der Waals surface area contributed by atoms with Crippen molar-refractivity contribution in [3.05, 3.63) is 59.2 Å². The van der Waals surface area contributed by atoms with E-state index in [0.717, 1.165) is 16.7 Å². The van der Waals surface area contributed by atoms with Gasteiger partial charge in [0, 0.05) is 12.0 Å². The predicted octanol–water partition coefficient (Wildman–Crippen LogP) is 3.25. The van der Waals surface area contributed by atoms with Gasteiger partial charge in [0.05, 0.1) is 6.61 Å². The molecule has 0 saturated carbocycles. The molecule has 2 aromatic rings. The first kappa shape index (κ1) is 14.4. The summed E-state index contributed by atoms with van der Waals surface area (Å²) in [6.07, 6.45) is -0.393. The Balaban J connectivity index is 2.06. The number of carbonyl (C=O) groups excluding carboxylic acids is 1. The van der Waals surface area contributed by atoms with Gasteiger partial charge in [0.15, 0.2) is 0 Å². The summed E-state index contributed by atoms with van der Waals surface area (Å²) in [5, 5.41) is 0. The lowest BCUT2D eigenvalue weighted by atomic mass is 9.98. The summed E-state index contributed by atoms with van der Waals surface area (Å²) in [6, 6.07) is 13.5. The highest BCUT2D eigenvalue weighted by molar-refractivity contribution is 5.74. The lowest BCUT2D eigenvalue weighted by Gasteiger charge is -2.25. The highest BCUT2D eigenvalue weighted by atomic mass is 16.7. The molecule has 1 unspecified atom stereocenters. The minimum absolute atomic E-state index is 0.282. The summed E-state index contributed by atoms with van der Waals surface area (Å²) in [4.78, 5) is 12.1. The molecule has 2 aromatic carbocycles. The molecule has 1 heterocycles. The van der Waals surface area contributed by atoms with Crippen molar-refractivity contribution in [2.45, 2.75) is 26.6 Å². The Bertz CT molecular complexity index is 693. The summed E-state index contributed by atoms with van der Waals surface area (Å²) >= 11 is 0. The van der Waals surface area contributed by atoms with Gasteiger partial charge in [-0.1, -0.05) is 30.3 Å². The van der Waals surface area contributed by atoms with Crippen molar-refractivity contribution in [2.24, 2.45) is 0 Å². The van der Waals surface area contributed by atoms with Crippen LogP contribution in [0, 0.1) is 6.92 Å². The lowest BCUT2D eigenvalue weighted by molar-refractivity contribution is -0.165. The smallest absolute Gasteiger partial charge is 0.389 e. The topological polar surface area (TPSA) is 44.8 Å². The Kier molecular flexibility index (Phi) is 4.00. The second-order valence-corrected chi connectivity index (χ2v) is 5.16. The van der Waals surface area contributed by atoms with E-state index in [9.17, 15) is 4.79 Å². The number of fused-ring (bicyclic) bond motifs is 2. The van der Waals surface area contributed by atoms with Crippen LogP contribution in [0.5, 0.6) is 11.5 Å². The molecule has 4 heteroatoms. The minimum Gasteiger partial charge on any atom is -0.460 e. The molecule has 22 heavy (non-hydrogen) atoms. The van der Waals surface area contributed by atoms with Crippen molar-refractivity contribution in [1.29, 1.82) is 0 Å². The van der Waals surface area contributed by atoms with Crippen LogP contribution in [0.4, 0.5) is 0 Å². The van der Waals surface area contributed by atoms with E-state index in [4.69, 9.17) is 14.2 Å². The zero-order valence-electron chi connectivity index (χ0n) is 12.7. The van der Waals surface area contributed by atoms with Crippen LogP contribution in [0.25, 0.3) is 0 Å². The molecule has 3 rings (SSSR count). The normalized spacial score (nSPS) is 16.2. The average Bonchev–Trinajstić information content (AvgIpc) is 2.49. The molecule has 0 radical (unpaired) electrons. The number of rotatable bonds is 2. The Labute approximate surface area is 129 Å². The van der Waals surface area contributed by atoms with Gasteiger partial charge in [-0.25, -0.2) is 4.79 Å². The average molecular weight is 298 g/mol. The summed E-state index contributed by atoms with van der Waals surface area (Å²) in [5.74, 6) is 0.786. The Morgan fingerprint density at radius 2 is 1.86 bits per heavy atom. The first-order valence-corrected chi connectivity index (χ1v) is 7.35. The van der Waals surface area contributed by atoms with Gasteiger partial charge in [-0.05, 0) is 37.1 Å². The summed E-state index contributed by atoms with van der Waals surface area (Å²) in [7, 11) is 0. The van der Waals surface area contributed by atoms with Gasteiger partial charge < -0.3 is 14.2 Å². The molecule has 1 aliphatic rings. The zero-order valence-corrected chi connectivity index (χ0v) is 12.7. The van der Waals surface area contributed by atoms with Crippen molar-refractivity contribution in [1.82, 2.24) is 0 Å². The molecule has 0 amide bonds. The fourth-order valence-corrected chi connectivity index (χ4v) is 2.53. The molecule has 0 aromatic heterocycles. The van der Waals surface area contributed by atoms with Gasteiger partial charge in [0.2, 0.25) is 0 Å². The number of aryl methyl sites for hydroxylation is 1. The molecule has 0 N–H and O–H groups in total. The molecule has 0 spiro atoms. The standard InChI is InChI=1S/C18H18O4/c1-3-20-17(19)18-21-15-9-5-4-8-13(15)11-14-12(2)7-6-10-16(14)22-18/h4-10,18H,3,11H2,1-2H3. The highest BCUT2D eigenvalue weighted by Gasteiger charge is 2.28. The van der Waals surface area contributed by atoms with E-state index in [2.05, 4.69) is 0 Å². The maximum absolute atomic E-state index is 12.1. The van der Waals surface area contributed by atoms with Gasteiger partial charge in [-0.15, -0.1) is 0 Å². The number of hydrogen-bond acceptors (Lipinski definition) is 4. The monoisotopic (exact) mass is 298 g/mol. The van der Waals surface area contributed by atoms with Crippen LogP contribution in [0.1, 0.15) is 23.6 Å². The quantitative estimate of drug-likeness (QED) is 0.798. The van der Waals surface area contributed by atoms with Crippen molar-refractivity contribution < 1.29 is 19.0 Å². The summed E-state index contributed by atoms with van der Waals surface area (Å²) < 4.78 is 16.6. The first-order valence-electron chi connectivity index (χ1n) is 7.35. The van der Waals surface area contributed by atoms with E-state index in [0.29, 0.717) is 17.9 Å². The molecular weight excluding hydrogens is 280 g/mol. The van der Waals surface area contributed by atoms with Crippen molar-refractivity contribution in [3.63, 3.8) is 0 Å². The number of para-hydroxylation sites is 1. The number of ether oxygens (including phenoxy) is 3. The Morgan fingerprint density at radius 1 is 1.14 bits per heavy atom. The number of benzene rings is 2. The fraction of sp³-hybridized carbons (Fsp3) is 0.278. The Hall–Kier alpha value is -2.49. The van der Waals surface area contributed by atoms with E-state index in [-0.39, 0.29) is 6.61 Å². The van der Waals surface area contributed by atoms with E-state index in [1.54, 1.807) is 6.92 Å². The van der Waals surface area contributed by atoms with E-state index < -0.39 is 12.3 Å². The number of esters is 1. The van der Waals surface area contributed by atoms with Crippen molar-refractivity contribution in [3.8, 4) is 11.5 Å². The van der Waals surface area contributed by atoms with Crippen molar-refractivity contribution >= 4 is 5.97 Å². The van der Waals surface area contributed by atoms with Crippen LogP contribution in [-0.4, -0.2) is 18.9 Å². The van der Waals surface area contributed by atoms with Crippen LogP contribution in [0.2, 0.25) is 0 Å². The molecule has 0 aliphatic carbocycles. The van der Waals surface area contributed by atoms with E-state index >= 15 is 0 Å². The summed E-state index contributed by atoms with van der Waals surface area (Å²) in [5.41, 5.74) is 3.21. The van der Waals surface area contributed by atoms with Crippen LogP contribution in [0.15, 0.2) is 42.5 Å². The molecule has 0 bridgehead atoms. The van der Waals surface area contributed by atoms with Gasteiger partial charge in [0.25, 0.3) is 0 Å². The third kappa shape index (κ3) is 2.77. The lowest BCUT2D eigenvalue weighted by Crippen LogP contribution is -2.36. The minimum atomic E-state index is -1.10. The summed E-state index contributed by atoms with van der Waals surface area (Å²) in [6.45, 7) is 4.07. The van der Waals surface area contributed by atoms with Crippen LogP contribution < -0.4 is 9.47 Å². The van der Waals surface area contributed by atoms with Gasteiger partial charge >= 0.3 is 12.3 Å². The molecule has 0 fully saturated rings. The van der Waals surface area contributed by atoms with Crippen LogP contribution >= 0.6 is 0 Å². The second-order valence-electron chi connectivity index (χ2n) is 5.16.